The number of hydrogen-bond acceptors (Lipinski definition) is 4. The number of amides is 1. The Morgan fingerprint density at radius 2 is 2.05 bits per heavy atom. The fraction of sp³-hybridized carbons (Fsp3) is 0.143. The first-order valence-corrected chi connectivity index (χ1v) is 5.78. The van der Waals surface area contributed by atoms with E-state index in [0.29, 0.717) is 22.8 Å². The number of aromatic nitrogens is 1. The zero-order chi connectivity index (χ0) is 13.8. The summed E-state index contributed by atoms with van der Waals surface area (Å²) in [5, 5.41) is 9.38. The fourth-order valence-electron chi connectivity index (χ4n) is 1.57. The number of primary amides is 1. The summed E-state index contributed by atoms with van der Waals surface area (Å²) < 4.78 is 5.51. The Bertz CT molecular complexity index is 579. The molecule has 0 aliphatic carbocycles. The molecule has 19 heavy (non-hydrogen) atoms. The standard InChI is InChI=1S/C14H14N2O3/c1-9(17)10-6-7-13(16-8-10)19-12-5-3-2-4-11(12)14(15)18/h2-9,17H,1H3,(H2,15,18). The molecular weight excluding hydrogens is 244 g/mol. The summed E-state index contributed by atoms with van der Waals surface area (Å²) in [6.45, 7) is 1.65. The first kappa shape index (κ1) is 13.0. The Labute approximate surface area is 110 Å². The minimum Gasteiger partial charge on any atom is -0.438 e. The molecule has 0 aliphatic heterocycles. The molecule has 0 radical (unpaired) electrons. The molecule has 1 aromatic carbocycles. The lowest BCUT2D eigenvalue weighted by atomic mass is 10.2. The normalized spacial score (nSPS) is 11.9. The number of carbonyl (C=O) groups is 1. The van der Waals surface area contributed by atoms with Crippen molar-refractivity contribution in [1.29, 1.82) is 0 Å². The second kappa shape index (κ2) is 5.49. The predicted octanol–water partition coefficient (Wildman–Crippen LogP) is 2.03. The second-order valence-corrected chi connectivity index (χ2v) is 4.07. The summed E-state index contributed by atoms with van der Waals surface area (Å²) in [5.41, 5.74) is 6.25. The zero-order valence-electron chi connectivity index (χ0n) is 10.4. The number of nitrogens with zero attached hydrogens (tertiary/aromatic N) is 1. The number of para-hydroxylation sites is 1. The van der Waals surface area contributed by atoms with Crippen molar-refractivity contribution in [2.45, 2.75) is 13.0 Å². The number of aliphatic hydroxyl groups is 1. The summed E-state index contributed by atoms with van der Waals surface area (Å²) in [5.74, 6) is 0.126. The minimum atomic E-state index is -0.584. The van der Waals surface area contributed by atoms with Gasteiger partial charge in [-0.1, -0.05) is 12.1 Å². The zero-order valence-corrected chi connectivity index (χ0v) is 10.4. The van der Waals surface area contributed by atoms with Crippen LogP contribution in [0.15, 0.2) is 42.6 Å². The third kappa shape index (κ3) is 3.08. The molecule has 5 nitrogen and oxygen atoms in total. The molecule has 1 heterocycles. The number of aliphatic hydroxyl groups excluding tert-OH is 1. The molecule has 2 aromatic rings. The molecular formula is C14H14N2O3. The highest BCUT2D eigenvalue weighted by Crippen LogP contribution is 2.24. The Kier molecular flexibility index (Phi) is 3.77. The van der Waals surface area contributed by atoms with E-state index >= 15 is 0 Å². The monoisotopic (exact) mass is 258 g/mol. The van der Waals surface area contributed by atoms with Crippen LogP contribution in [0.3, 0.4) is 0 Å². The van der Waals surface area contributed by atoms with Crippen LogP contribution in [-0.2, 0) is 0 Å². The van der Waals surface area contributed by atoms with Crippen molar-refractivity contribution in [2.24, 2.45) is 5.73 Å². The van der Waals surface area contributed by atoms with E-state index in [1.807, 2.05) is 0 Å². The number of benzene rings is 1. The number of ether oxygens (including phenoxy) is 1. The van der Waals surface area contributed by atoms with Crippen molar-refractivity contribution in [3.63, 3.8) is 0 Å². The number of pyridine rings is 1. The van der Waals surface area contributed by atoms with Gasteiger partial charge >= 0.3 is 0 Å². The van der Waals surface area contributed by atoms with Crippen molar-refractivity contribution < 1.29 is 14.6 Å². The molecule has 1 unspecified atom stereocenters. The topological polar surface area (TPSA) is 85.4 Å². The average molecular weight is 258 g/mol. The molecule has 0 saturated heterocycles. The molecule has 3 N–H and O–H groups in total. The highest BCUT2D eigenvalue weighted by Gasteiger charge is 2.10. The van der Waals surface area contributed by atoms with Crippen LogP contribution >= 0.6 is 0 Å². The van der Waals surface area contributed by atoms with Gasteiger partial charge in [-0.25, -0.2) is 4.98 Å². The largest absolute Gasteiger partial charge is 0.438 e. The van der Waals surface area contributed by atoms with Gasteiger partial charge in [0.15, 0.2) is 0 Å². The summed E-state index contributed by atoms with van der Waals surface area (Å²) in [4.78, 5) is 15.3. The van der Waals surface area contributed by atoms with Crippen LogP contribution in [0.25, 0.3) is 0 Å². The van der Waals surface area contributed by atoms with Gasteiger partial charge in [-0.2, -0.15) is 0 Å². The van der Waals surface area contributed by atoms with E-state index in [9.17, 15) is 9.90 Å². The van der Waals surface area contributed by atoms with Crippen molar-refractivity contribution in [3.8, 4) is 11.6 Å². The minimum absolute atomic E-state index is 0.295. The van der Waals surface area contributed by atoms with E-state index in [4.69, 9.17) is 10.5 Å². The molecule has 0 spiro atoms. The Morgan fingerprint density at radius 1 is 1.32 bits per heavy atom. The van der Waals surface area contributed by atoms with Crippen molar-refractivity contribution in [1.82, 2.24) is 4.98 Å². The lowest BCUT2D eigenvalue weighted by molar-refractivity contribution is 0.0998. The number of carbonyl (C=O) groups excluding carboxylic acids is 1. The molecule has 0 saturated carbocycles. The first-order valence-electron chi connectivity index (χ1n) is 5.78. The van der Waals surface area contributed by atoms with Gasteiger partial charge in [-0.3, -0.25) is 4.79 Å². The van der Waals surface area contributed by atoms with Crippen LogP contribution in [0.2, 0.25) is 0 Å². The van der Waals surface area contributed by atoms with E-state index in [0.717, 1.165) is 0 Å². The molecule has 0 bridgehead atoms. The number of rotatable bonds is 4. The van der Waals surface area contributed by atoms with Gasteiger partial charge in [0.25, 0.3) is 5.91 Å². The highest BCUT2D eigenvalue weighted by molar-refractivity contribution is 5.95. The fourth-order valence-corrected chi connectivity index (χ4v) is 1.57. The van der Waals surface area contributed by atoms with Crippen molar-refractivity contribution in [2.75, 3.05) is 0 Å². The third-order valence-electron chi connectivity index (χ3n) is 2.61. The number of hydrogen-bond donors (Lipinski definition) is 2. The molecule has 2 rings (SSSR count). The molecule has 0 aliphatic rings. The van der Waals surface area contributed by atoms with Crippen molar-refractivity contribution in [3.05, 3.63) is 53.7 Å². The maximum absolute atomic E-state index is 11.2. The van der Waals surface area contributed by atoms with E-state index in [2.05, 4.69) is 4.98 Å². The van der Waals surface area contributed by atoms with E-state index in [1.165, 1.54) is 6.20 Å². The maximum Gasteiger partial charge on any atom is 0.252 e. The van der Waals surface area contributed by atoms with Gasteiger partial charge in [-0.05, 0) is 30.7 Å². The lowest BCUT2D eigenvalue weighted by Crippen LogP contribution is -2.12. The van der Waals surface area contributed by atoms with Crippen LogP contribution in [0.1, 0.15) is 28.9 Å². The van der Waals surface area contributed by atoms with Gasteiger partial charge in [0.05, 0.1) is 11.7 Å². The Hall–Kier alpha value is -2.40. The summed E-state index contributed by atoms with van der Waals surface area (Å²) >= 11 is 0. The van der Waals surface area contributed by atoms with E-state index in [-0.39, 0.29) is 0 Å². The van der Waals surface area contributed by atoms with E-state index in [1.54, 1.807) is 43.3 Å². The molecule has 0 fully saturated rings. The molecule has 1 atom stereocenters. The first-order chi connectivity index (χ1) is 9.08. The lowest BCUT2D eigenvalue weighted by Gasteiger charge is -2.09. The Morgan fingerprint density at radius 3 is 2.63 bits per heavy atom. The van der Waals surface area contributed by atoms with Crippen LogP contribution in [-0.4, -0.2) is 16.0 Å². The Balaban J connectivity index is 2.24. The molecule has 98 valence electrons. The quantitative estimate of drug-likeness (QED) is 0.878. The molecule has 1 amide bonds. The second-order valence-electron chi connectivity index (χ2n) is 4.07. The van der Waals surface area contributed by atoms with Gasteiger partial charge in [0, 0.05) is 12.3 Å². The van der Waals surface area contributed by atoms with Crippen LogP contribution < -0.4 is 10.5 Å². The smallest absolute Gasteiger partial charge is 0.252 e. The summed E-state index contributed by atoms with van der Waals surface area (Å²) in [6.07, 6.45) is 0.937. The molecule has 5 heteroatoms. The highest BCUT2D eigenvalue weighted by atomic mass is 16.5. The average Bonchev–Trinajstić information content (AvgIpc) is 2.39. The summed E-state index contributed by atoms with van der Waals surface area (Å²) in [7, 11) is 0. The van der Waals surface area contributed by atoms with Gasteiger partial charge in [-0.15, -0.1) is 0 Å². The summed E-state index contributed by atoms with van der Waals surface area (Å²) in [6, 6.07) is 10.0. The van der Waals surface area contributed by atoms with Gasteiger partial charge < -0.3 is 15.6 Å². The van der Waals surface area contributed by atoms with Crippen molar-refractivity contribution >= 4 is 5.91 Å². The third-order valence-corrected chi connectivity index (χ3v) is 2.61. The van der Waals surface area contributed by atoms with E-state index < -0.39 is 12.0 Å². The van der Waals surface area contributed by atoms with Gasteiger partial charge in [0.1, 0.15) is 5.75 Å². The van der Waals surface area contributed by atoms with Gasteiger partial charge in [0.2, 0.25) is 5.88 Å². The molecule has 1 aromatic heterocycles. The maximum atomic E-state index is 11.2. The van der Waals surface area contributed by atoms with Crippen LogP contribution in [0.5, 0.6) is 11.6 Å². The van der Waals surface area contributed by atoms with Crippen LogP contribution in [0, 0.1) is 0 Å². The SMILES string of the molecule is CC(O)c1ccc(Oc2ccccc2C(N)=O)nc1. The number of nitrogens with two attached hydrogens (primary N) is 1. The predicted molar refractivity (Wildman–Crippen MR) is 69.9 cm³/mol. The van der Waals surface area contributed by atoms with Crippen LogP contribution in [0.4, 0.5) is 0 Å².